The zero-order valence-electron chi connectivity index (χ0n) is 14.7. The molecule has 0 radical (unpaired) electrons. The molecule has 1 aliphatic heterocycles. The quantitative estimate of drug-likeness (QED) is 0.783. The van der Waals surface area contributed by atoms with Crippen LogP contribution in [0.2, 0.25) is 5.02 Å². The highest BCUT2D eigenvalue weighted by Gasteiger charge is 2.43. The molecule has 0 aliphatic carbocycles. The molecule has 0 saturated carbocycles. The maximum absolute atomic E-state index is 12.7. The largest absolute Gasteiger partial charge is 0.503 e. The van der Waals surface area contributed by atoms with Crippen molar-refractivity contribution in [3.63, 3.8) is 0 Å². The van der Waals surface area contributed by atoms with Crippen LogP contribution in [0.5, 0.6) is 0 Å². The number of hydrogen-bond acceptors (Lipinski definition) is 4. The Kier molecular flexibility index (Phi) is 5.49. The second kappa shape index (κ2) is 7.64. The number of hydrogen-bond donors (Lipinski definition) is 1. The molecule has 1 N–H and O–H groups in total. The number of carbonyl (C=O) groups is 2. The van der Waals surface area contributed by atoms with Crippen molar-refractivity contribution in [3.8, 4) is 0 Å². The number of aryl methyl sites for hydroxylation is 1. The number of halogens is 1. The van der Waals surface area contributed by atoms with Crippen molar-refractivity contribution in [2.75, 3.05) is 6.54 Å². The van der Waals surface area contributed by atoms with Crippen LogP contribution in [0.1, 0.15) is 35.4 Å². The van der Waals surface area contributed by atoms with Gasteiger partial charge < -0.3 is 10.0 Å². The summed E-state index contributed by atoms with van der Waals surface area (Å²) in [5.41, 5.74) is 2.28. The smallest absolute Gasteiger partial charge is 0.290 e. The third-order valence-electron chi connectivity index (χ3n) is 4.63. The summed E-state index contributed by atoms with van der Waals surface area (Å²) in [6.07, 6.45) is 0.864. The summed E-state index contributed by atoms with van der Waals surface area (Å²) in [7, 11) is 0. The lowest BCUT2D eigenvalue weighted by atomic mass is 9.98. The molecule has 136 valence electrons. The second-order valence-electron chi connectivity index (χ2n) is 6.28. The number of rotatable bonds is 6. The monoisotopic (exact) mass is 389 g/mol. The fourth-order valence-electron chi connectivity index (χ4n) is 3.20. The van der Waals surface area contributed by atoms with Gasteiger partial charge in [-0.3, -0.25) is 9.59 Å². The molecular formula is C20H20ClNO3S. The summed E-state index contributed by atoms with van der Waals surface area (Å²) >= 11 is 7.42. The van der Waals surface area contributed by atoms with Crippen molar-refractivity contribution < 1.29 is 14.7 Å². The van der Waals surface area contributed by atoms with Crippen LogP contribution in [-0.4, -0.2) is 28.2 Å². The first-order valence-electron chi connectivity index (χ1n) is 8.49. The Balaban J connectivity index is 1.92. The first-order valence-corrected chi connectivity index (χ1v) is 9.75. The van der Waals surface area contributed by atoms with E-state index in [1.807, 2.05) is 42.6 Å². The zero-order valence-corrected chi connectivity index (χ0v) is 16.2. The van der Waals surface area contributed by atoms with Crippen LogP contribution in [0.25, 0.3) is 0 Å². The summed E-state index contributed by atoms with van der Waals surface area (Å²) in [4.78, 5) is 27.6. The molecule has 1 unspecified atom stereocenters. The van der Waals surface area contributed by atoms with Crippen molar-refractivity contribution >= 4 is 34.6 Å². The highest BCUT2D eigenvalue weighted by atomic mass is 35.5. The number of nitrogens with zero attached hydrogens (tertiary/aromatic N) is 1. The average Bonchev–Trinajstić information content (AvgIpc) is 3.16. The number of ketones is 1. The van der Waals surface area contributed by atoms with Crippen molar-refractivity contribution in [2.24, 2.45) is 0 Å². The Morgan fingerprint density at radius 2 is 1.96 bits per heavy atom. The van der Waals surface area contributed by atoms with Crippen LogP contribution >= 0.6 is 22.9 Å². The van der Waals surface area contributed by atoms with E-state index in [-0.39, 0.29) is 17.8 Å². The normalized spacial score (nSPS) is 17.3. The minimum absolute atomic E-state index is 0.192. The lowest BCUT2D eigenvalue weighted by Crippen LogP contribution is -2.32. The molecule has 1 aromatic carbocycles. The van der Waals surface area contributed by atoms with E-state index in [0.29, 0.717) is 18.0 Å². The predicted molar refractivity (Wildman–Crippen MR) is 104 cm³/mol. The topological polar surface area (TPSA) is 57.6 Å². The number of Topliss-reactive ketones (excluding diaryl/α,β-unsaturated/α-hetero) is 1. The van der Waals surface area contributed by atoms with Crippen LogP contribution in [0.3, 0.4) is 0 Å². The number of amides is 1. The summed E-state index contributed by atoms with van der Waals surface area (Å²) in [6, 6.07) is 8.91. The molecule has 1 aromatic heterocycles. The molecular weight excluding hydrogens is 370 g/mol. The van der Waals surface area contributed by atoms with Gasteiger partial charge in [-0.05, 0) is 48.1 Å². The third-order valence-corrected chi connectivity index (χ3v) is 5.95. The van der Waals surface area contributed by atoms with Gasteiger partial charge in [-0.25, -0.2) is 0 Å². The third kappa shape index (κ3) is 3.41. The lowest BCUT2D eigenvalue weighted by molar-refractivity contribution is -0.129. The van der Waals surface area contributed by atoms with E-state index in [4.69, 9.17) is 11.6 Å². The number of aliphatic hydroxyl groups is 1. The van der Waals surface area contributed by atoms with Crippen LogP contribution in [0.15, 0.2) is 47.0 Å². The molecule has 0 bridgehead atoms. The van der Waals surface area contributed by atoms with Gasteiger partial charge in [-0.2, -0.15) is 0 Å². The Morgan fingerprint density at radius 1 is 1.27 bits per heavy atom. The molecule has 0 saturated heterocycles. The van der Waals surface area contributed by atoms with Gasteiger partial charge in [0.1, 0.15) is 0 Å². The maximum Gasteiger partial charge on any atom is 0.290 e. The van der Waals surface area contributed by atoms with Gasteiger partial charge in [-0.15, -0.1) is 11.3 Å². The summed E-state index contributed by atoms with van der Waals surface area (Å²) in [5, 5.41) is 13.0. The van der Waals surface area contributed by atoms with Crippen molar-refractivity contribution in [2.45, 2.75) is 32.7 Å². The maximum atomic E-state index is 12.7. The van der Waals surface area contributed by atoms with E-state index in [9.17, 15) is 14.7 Å². The van der Waals surface area contributed by atoms with E-state index >= 15 is 0 Å². The highest BCUT2D eigenvalue weighted by Crippen LogP contribution is 2.41. The van der Waals surface area contributed by atoms with Crippen LogP contribution in [0, 0.1) is 6.92 Å². The van der Waals surface area contributed by atoms with E-state index in [0.717, 1.165) is 16.0 Å². The summed E-state index contributed by atoms with van der Waals surface area (Å²) < 4.78 is 0. The molecule has 6 heteroatoms. The molecule has 1 atom stereocenters. The fraction of sp³-hybridized carbons (Fsp3) is 0.300. The van der Waals surface area contributed by atoms with E-state index in [1.165, 1.54) is 11.3 Å². The van der Waals surface area contributed by atoms with E-state index in [1.54, 1.807) is 11.8 Å². The molecule has 0 spiro atoms. The Labute approximate surface area is 161 Å². The van der Waals surface area contributed by atoms with Gasteiger partial charge in [0.15, 0.2) is 11.5 Å². The number of aliphatic hydroxyl groups excluding tert-OH is 1. The minimum atomic E-state index is -0.512. The van der Waals surface area contributed by atoms with Crippen molar-refractivity contribution in [1.29, 1.82) is 0 Å². The predicted octanol–water partition coefficient (Wildman–Crippen LogP) is 4.63. The van der Waals surface area contributed by atoms with Gasteiger partial charge in [-0.1, -0.05) is 30.7 Å². The summed E-state index contributed by atoms with van der Waals surface area (Å²) in [6.45, 7) is 4.10. The van der Waals surface area contributed by atoms with Crippen molar-refractivity contribution in [1.82, 2.24) is 4.90 Å². The molecule has 3 rings (SSSR count). The van der Waals surface area contributed by atoms with Gasteiger partial charge in [0, 0.05) is 22.9 Å². The molecule has 1 aliphatic rings. The molecule has 0 fully saturated rings. The first kappa shape index (κ1) is 18.7. The van der Waals surface area contributed by atoms with Crippen LogP contribution in [0.4, 0.5) is 0 Å². The van der Waals surface area contributed by atoms with E-state index < -0.39 is 17.7 Å². The number of carbonyl (C=O) groups excluding carboxylic acids is 2. The molecule has 2 aromatic rings. The first-order chi connectivity index (χ1) is 12.4. The van der Waals surface area contributed by atoms with Gasteiger partial charge >= 0.3 is 0 Å². The number of benzene rings is 1. The zero-order chi connectivity index (χ0) is 18.8. The Bertz CT molecular complexity index is 869. The Hall–Kier alpha value is -2.11. The summed E-state index contributed by atoms with van der Waals surface area (Å²) in [5.74, 6) is -1.08. The molecule has 4 nitrogen and oxygen atoms in total. The average molecular weight is 390 g/mol. The fourth-order valence-corrected chi connectivity index (χ4v) is 4.37. The lowest BCUT2D eigenvalue weighted by Gasteiger charge is -2.26. The van der Waals surface area contributed by atoms with Gasteiger partial charge in [0.05, 0.1) is 11.6 Å². The minimum Gasteiger partial charge on any atom is -0.503 e. The molecule has 2 heterocycles. The molecule has 1 amide bonds. The standard InChI is InChI=1S/C20H20ClNO3S/c1-3-15(23)16-17(19-12(2)9-11-26-19)22(20(25)18(16)24)10-8-13-4-6-14(21)7-5-13/h4-7,9,11,17,24H,3,8,10H2,1-2H3. The van der Waals surface area contributed by atoms with Crippen molar-refractivity contribution in [3.05, 3.63) is 68.1 Å². The van der Waals surface area contributed by atoms with Crippen LogP contribution < -0.4 is 0 Å². The van der Waals surface area contributed by atoms with Gasteiger partial charge in [0.25, 0.3) is 5.91 Å². The van der Waals surface area contributed by atoms with Crippen LogP contribution in [-0.2, 0) is 16.0 Å². The molecule has 26 heavy (non-hydrogen) atoms. The van der Waals surface area contributed by atoms with E-state index in [2.05, 4.69) is 0 Å². The highest BCUT2D eigenvalue weighted by molar-refractivity contribution is 7.10. The second-order valence-corrected chi connectivity index (χ2v) is 7.67. The van der Waals surface area contributed by atoms with Gasteiger partial charge in [0.2, 0.25) is 0 Å². The Morgan fingerprint density at radius 3 is 2.54 bits per heavy atom. The number of thiophene rings is 1. The SMILES string of the molecule is CCC(=O)C1=C(O)C(=O)N(CCc2ccc(Cl)cc2)C1c1sccc1C.